The third kappa shape index (κ3) is 6.82. The summed E-state index contributed by atoms with van der Waals surface area (Å²) in [6.45, 7) is 0.190. The minimum atomic E-state index is -0.381. The maximum absolute atomic E-state index is 11.9. The van der Waals surface area contributed by atoms with Gasteiger partial charge in [-0.15, -0.1) is 0 Å². The van der Waals surface area contributed by atoms with Crippen LogP contribution in [0.2, 0.25) is 10.0 Å². The number of amides is 1. The van der Waals surface area contributed by atoms with Crippen molar-refractivity contribution >= 4 is 35.3 Å². The predicted molar refractivity (Wildman–Crippen MR) is 115 cm³/mol. The number of hydrazone groups is 1. The summed E-state index contributed by atoms with van der Waals surface area (Å²) in [4.78, 5) is 11.9. The largest absolute Gasteiger partial charge is 0.488 e. The smallest absolute Gasteiger partial charge is 0.277 e. The molecule has 0 atom stereocenters. The fourth-order valence-electron chi connectivity index (χ4n) is 2.41. The quantitative estimate of drug-likeness (QED) is 0.400. The molecule has 148 valence electrons. The van der Waals surface area contributed by atoms with E-state index in [2.05, 4.69) is 10.5 Å². The number of ether oxygens (including phenoxy) is 2. The van der Waals surface area contributed by atoms with Crippen molar-refractivity contribution in [2.24, 2.45) is 5.10 Å². The van der Waals surface area contributed by atoms with E-state index in [0.29, 0.717) is 33.7 Å². The highest BCUT2D eigenvalue weighted by Gasteiger charge is 2.05. The third-order valence-corrected chi connectivity index (χ3v) is 4.23. The van der Waals surface area contributed by atoms with Crippen molar-refractivity contribution in [2.75, 3.05) is 6.61 Å². The Bertz CT molecular complexity index is 994. The summed E-state index contributed by atoms with van der Waals surface area (Å²) in [5.41, 5.74) is 3.98. The van der Waals surface area contributed by atoms with Crippen LogP contribution in [0.3, 0.4) is 0 Å². The number of benzene rings is 3. The fourth-order valence-corrected chi connectivity index (χ4v) is 2.80. The van der Waals surface area contributed by atoms with Gasteiger partial charge in [-0.2, -0.15) is 5.10 Å². The lowest BCUT2D eigenvalue weighted by Crippen LogP contribution is -2.24. The Morgan fingerprint density at radius 2 is 1.72 bits per heavy atom. The zero-order valence-electron chi connectivity index (χ0n) is 15.3. The van der Waals surface area contributed by atoms with E-state index in [-0.39, 0.29) is 12.5 Å². The van der Waals surface area contributed by atoms with Crippen LogP contribution < -0.4 is 14.9 Å². The normalized spacial score (nSPS) is 10.7. The Balaban J connectivity index is 1.57. The number of hydrogen-bond donors (Lipinski definition) is 1. The summed E-state index contributed by atoms with van der Waals surface area (Å²) < 4.78 is 11.2. The van der Waals surface area contributed by atoms with Crippen LogP contribution in [0.15, 0.2) is 77.9 Å². The Morgan fingerprint density at radius 1 is 0.931 bits per heavy atom. The van der Waals surface area contributed by atoms with Gasteiger partial charge in [0.05, 0.1) is 6.21 Å². The molecule has 0 aliphatic heterocycles. The van der Waals surface area contributed by atoms with E-state index in [1.807, 2.05) is 36.4 Å². The van der Waals surface area contributed by atoms with E-state index < -0.39 is 0 Å². The molecular formula is C22H18Cl2N2O3. The Labute approximate surface area is 178 Å². The molecule has 0 aliphatic carbocycles. The monoisotopic (exact) mass is 428 g/mol. The second-order valence-electron chi connectivity index (χ2n) is 6.00. The molecule has 3 aromatic rings. The van der Waals surface area contributed by atoms with Crippen LogP contribution in [0.4, 0.5) is 0 Å². The molecular weight excluding hydrogens is 411 g/mol. The second-order valence-corrected chi connectivity index (χ2v) is 6.87. The molecule has 3 rings (SSSR count). The van der Waals surface area contributed by atoms with Crippen molar-refractivity contribution in [3.05, 3.63) is 94.0 Å². The standard InChI is InChI=1S/C22H18Cl2N2O3/c23-18-6-4-5-16(11-18)14-29-21-10-9-19(24)12-17(21)13-25-26-22(27)15-28-20-7-2-1-3-8-20/h1-13H,14-15H2,(H,26,27)/b25-13-. The van der Waals surface area contributed by atoms with Crippen LogP contribution in [0, 0.1) is 0 Å². The van der Waals surface area contributed by atoms with Crippen molar-refractivity contribution in [1.29, 1.82) is 0 Å². The molecule has 7 heteroatoms. The molecule has 1 amide bonds. The van der Waals surface area contributed by atoms with Gasteiger partial charge in [0.25, 0.3) is 5.91 Å². The molecule has 0 radical (unpaired) electrons. The molecule has 0 unspecified atom stereocenters. The SMILES string of the molecule is O=C(COc1ccccc1)N/N=C\c1cc(Cl)ccc1OCc1cccc(Cl)c1. The molecule has 0 bridgehead atoms. The molecule has 0 aromatic heterocycles. The topological polar surface area (TPSA) is 59.9 Å². The summed E-state index contributed by atoms with van der Waals surface area (Å²) in [5, 5.41) is 5.13. The highest BCUT2D eigenvalue weighted by molar-refractivity contribution is 6.31. The van der Waals surface area contributed by atoms with Crippen LogP contribution in [0.5, 0.6) is 11.5 Å². The summed E-state index contributed by atoms with van der Waals surface area (Å²) in [7, 11) is 0. The summed E-state index contributed by atoms with van der Waals surface area (Å²) >= 11 is 12.1. The zero-order valence-corrected chi connectivity index (χ0v) is 16.9. The molecule has 0 aliphatic rings. The van der Waals surface area contributed by atoms with Gasteiger partial charge in [0, 0.05) is 15.6 Å². The predicted octanol–water partition coefficient (Wildman–Crippen LogP) is 5.10. The van der Waals surface area contributed by atoms with Gasteiger partial charge in [0.2, 0.25) is 0 Å². The maximum Gasteiger partial charge on any atom is 0.277 e. The first-order valence-electron chi connectivity index (χ1n) is 8.77. The summed E-state index contributed by atoms with van der Waals surface area (Å²) in [6, 6.07) is 21.6. The number of nitrogens with zero attached hydrogens (tertiary/aromatic N) is 1. The number of carbonyl (C=O) groups excluding carboxylic acids is 1. The average molecular weight is 429 g/mol. The van der Waals surface area contributed by atoms with Gasteiger partial charge in [0.15, 0.2) is 6.61 Å². The number of hydrogen-bond acceptors (Lipinski definition) is 4. The van der Waals surface area contributed by atoms with Crippen LogP contribution in [-0.4, -0.2) is 18.7 Å². The van der Waals surface area contributed by atoms with Crippen LogP contribution in [0.25, 0.3) is 0 Å². The van der Waals surface area contributed by atoms with Gasteiger partial charge in [-0.3, -0.25) is 4.79 Å². The molecule has 0 saturated carbocycles. The van der Waals surface area contributed by atoms with Crippen molar-refractivity contribution in [3.8, 4) is 11.5 Å². The molecule has 0 saturated heterocycles. The number of para-hydroxylation sites is 1. The van der Waals surface area contributed by atoms with Crippen molar-refractivity contribution in [2.45, 2.75) is 6.61 Å². The first-order chi connectivity index (χ1) is 14.1. The maximum atomic E-state index is 11.9. The van der Waals surface area contributed by atoms with E-state index in [9.17, 15) is 4.79 Å². The van der Waals surface area contributed by atoms with Crippen molar-refractivity contribution in [3.63, 3.8) is 0 Å². The number of carbonyl (C=O) groups is 1. The first-order valence-corrected chi connectivity index (χ1v) is 9.52. The third-order valence-electron chi connectivity index (χ3n) is 3.76. The molecule has 1 N–H and O–H groups in total. The van der Waals surface area contributed by atoms with Crippen LogP contribution in [0.1, 0.15) is 11.1 Å². The highest BCUT2D eigenvalue weighted by Crippen LogP contribution is 2.23. The fraction of sp³-hybridized carbons (Fsp3) is 0.0909. The van der Waals surface area contributed by atoms with Gasteiger partial charge >= 0.3 is 0 Å². The summed E-state index contributed by atoms with van der Waals surface area (Å²) in [6.07, 6.45) is 1.47. The van der Waals surface area contributed by atoms with Crippen molar-refractivity contribution < 1.29 is 14.3 Å². The van der Waals surface area contributed by atoms with Crippen LogP contribution in [-0.2, 0) is 11.4 Å². The van der Waals surface area contributed by atoms with Gasteiger partial charge in [0.1, 0.15) is 18.1 Å². The lowest BCUT2D eigenvalue weighted by atomic mass is 10.2. The minimum absolute atomic E-state index is 0.144. The molecule has 0 fully saturated rings. The van der Waals surface area contributed by atoms with E-state index >= 15 is 0 Å². The number of rotatable bonds is 8. The van der Waals surface area contributed by atoms with Gasteiger partial charge < -0.3 is 9.47 Å². The van der Waals surface area contributed by atoms with Gasteiger partial charge in [-0.05, 0) is 48.0 Å². The Hall–Kier alpha value is -3.02. The van der Waals surface area contributed by atoms with Gasteiger partial charge in [-0.25, -0.2) is 5.43 Å². The molecule has 29 heavy (non-hydrogen) atoms. The molecule has 0 spiro atoms. The first kappa shape index (κ1) is 20.7. The second kappa shape index (κ2) is 10.5. The average Bonchev–Trinajstić information content (AvgIpc) is 2.72. The Kier molecular flexibility index (Phi) is 7.50. The Morgan fingerprint density at radius 3 is 2.52 bits per heavy atom. The number of nitrogens with one attached hydrogen (secondary N) is 1. The van der Waals surface area contributed by atoms with E-state index in [4.69, 9.17) is 32.7 Å². The number of halogens is 2. The molecule has 3 aromatic carbocycles. The molecule has 0 heterocycles. The minimum Gasteiger partial charge on any atom is -0.488 e. The summed E-state index contributed by atoms with van der Waals surface area (Å²) in [5.74, 6) is 0.805. The van der Waals surface area contributed by atoms with Crippen LogP contribution >= 0.6 is 23.2 Å². The lowest BCUT2D eigenvalue weighted by molar-refractivity contribution is -0.123. The van der Waals surface area contributed by atoms with E-state index in [1.54, 1.807) is 36.4 Å². The van der Waals surface area contributed by atoms with Gasteiger partial charge in [-0.1, -0.05) is 53.5 Å². The molecule has 5 nitrogen and oxygen atoms in total. The van der Waals surface area contributed by atoms with Crippen molar-refractivity contribution in [1.82, 2.24) is 5.43 Å². The zero-order chi connectivity index (χ0) is 20.5. The van der Waals surface area contributed by atoms with E-state index in [0.717, 1.165) is 5.56 Å². The van der Waals surface area contributed by atoms with E-state index in [1.165, 1.54) is 6.21 Å². The lowest BCUT2D eigenvalue weighted by Gasteiger charge is -2.10. The highest BCUT2D eigenvalue weighted by atomic mass is 35.5.